The fraction of sp³-hybridized carbons (Fsp3) is 0.0526. The first-order valence-corrected chi connectivity index (χ1v) is 21.5. The van der Waals surface area contributed by atoms with Gasteiger partial charge in [-0.05, 0) is 141 Å². The lowest BCUT2D eigenvalue weighted by atomic mass is 9.81. The summed E-state index contributed by atoms with van der Waals surface area (Å²) in [6, 6.07) is 74.0. The van der Waals surface area contributed by atoms with Crippen LogP contribution in [0.3, 0.4) is 0 Å². The molecule has 3 heteroatoms. The van der Waals surface area contributed by atoms with Gasteiger partial charge in [0.05, 0.1) is 22.1 Å². The Hall–Kier alpha value is -6.94. The molecule has 11 aromatic rings. The van der Waals surface area contributed by atoms with E-state index < -0.39 is 0 Å². The Morgan fingerprint density at radius 2 is 0.733 bits per heavy atom. The molecule has 9 aromatic carbocycles. The van der Waals surface area contributed by atoms with Crippen molar-refractivity contribution in [3.8, 4) is 55.9 Å². The average Bonchev–Trinajstić information content (AvgIpc) is 3.88. The highest BCUT2D eigenvalue weighted by atomic mass is 79.9. The van der Waals surface area contributed by atoms with E-state index in [9.17, 15) is 0 Å². The van der Waals surface area contributed by atoms with E-state index >= 15 is 0 Å². The van der Waals surface area contributed by atoms with E-state index in [4.69, 9.17) is 0 Å². The van der Waals surface area contributed by atoms with E-state index in [2.05, 4.69) is 239 Å². The lowest BCUT2D eigenvalue weighted by Gasteiger charge is -2.22. The van der Waals surface area contributed by atoms with E-state index in [-0.39, 0.29) is 5.41 Å². The van der Waals surface area contributed by atoms with Crippen LogP contribution in [0.25, 0.3) is 99.5 Å². The first-order chi connectivity index (χ1) is 29.4. The van der Waals surface area contributed by atoms with Gasteiger partial charge in [0, 0.05) is 42.8 Å². The monoisotopic (exact) mass is 830 g/mol. The van der Waals surface area contributed by atoms with E-state index in [1.165, 1.54) is 99.2 Å². The third-order valence-corrected chi connectivity index (χ3v) is 13.4. The molecule has 284 valence electrons. The Morgan fingerprint density at radius 1 is 0.333 bits per heavy atom. The van der Waals surface area contributed by atoms with Gasteiger partial charge in [-0.3, -0.25) is 0 Å². The van der Waals surface area contributed by atoms with Crippen molar-refractivity contribution < 1.29 is 0 Å². The SMILES string of the molecule is CC1(C)c2cc(Br)ccc2-c2ccc(-c3cc(-c4ccc5c6ccccc6n(-c6ccccc6)c5c4)cc(-c4ccc5c6ccccc6n(-c6ccccc6)c5c4)c3)cc21. The van der Waals surface area contributed by atoms with Crippen molar-refractivity contribution in [1.82, 2.24) is 9.13 Å². The summed E-state index contributed by atoms with van der Waals surface area (Å²) in [5.74, 6) is 0. The van der Waals surface area contributed by atoms with E-state index in [0.29, 0.717) is 0 Å². The van der Waals surface area contributed by atoms with Gasteiger partial charge in [-0.2, -0.15) is 0 Å². The molecule has 0 saturated carbocycles. The molecule has 60 heavy (non-hydrogen) atoms. The number of hydrogen-bond acceptors (Lipinski definition) is 0. The molecule has 0 radical (unpaired) electrons. The van der Waals surface area contributed by atoms with Crippen molar-refractivity contribution in [2.24, 2.45) is 0 Å². The molecule has 0 unspecified atom stereocenters. The lowest BCUT2D eigenvalue weighted by Crippen LogP contribution is -2.15. The third-order valence-electron chi connectivity index (χ3n) is 12.9. The van der Waals surface area contributed by atoms with Gasteiger partial charge in [0.2, 0.25) is 0 Å². The van der Waals surface area contributed by atoms with E-state index in [0.717, 1.165) is 15.8 Å². The fourth-order valence-electron chi connectivity index (χ4n) is 10.0. The van der Waals surface area contributed by atoms with Crippen molar-refractivity contribution in [1.29, 1.82) is 0 Å². The lowest BCUT2D eigenvalue weighted by molar-refractivity contribution is 0.660. The summed E-state index contributed by atoms with van der Waals surface area (Å²) >= 11 is 3.75. The number of halogens is 1. The second kappa shape index (κ2) is 13.3. The smallest absolute Gasteiger partial charge is 0.0547 e. The number of hydrogen-bond donors (Lipinski definition) is 0. The maximum absolute atomic E-state index is 3.75. The van der Waals surface area contributed by atoms with Crippen LogP contribution < -0.4 is 0 Å². The summed E-state index contributed by atoms with van der Waals surface area (Å²) in [6.45, 7) is 4.72. The van der Waals surface area contributed by atoms with Crippen LogP contribution in [0.15, 0.2) is 205 Å². The highest BCUT2D eigenvalue weighted by molar-refractivity contribution is 9.10. The average molecular weight is 832 g/mol. The number of aromatic nitrogens is 2. The van der Waals surface area contributed by atoms with Crippen LogP contribution in [-0.4, -0.2) is 9.13 Å². The molecule has 0 spiro atoms. The summed E-state index contributed by atoms with van der Waals surface area (Å²) in [7, 11) is 0. The molecule has 0 aliphatic heterocycles. The highest BCUT2D eigenvalue weighted by Crippen LogP contribution is 2.51. The zero-order chi connectivity index (χ0) is 40.1. The number of nitrogens with zero attached hydrogens (tertiary/aromatic N) is 2. The Bertz CT molecular complexity index is 3340. The highest BCUT2D eigenvalue weighted by Gasteiger charge is 2.35. The maximum Gasteiger partial charge on any atom is 0.0547 e. The Labute approximate surface area is 357 Å². The topological polar surface area (TPSA) is 9.86 Å². The van der Waals surface area contributed by atoms with E-state index in [1.54, 1.807) is 0 Å². The standard InChI is InChI=1S/C57H39BrN2/c1-57(2)51-32-36(21-25-45(51)46-28-24-42(58)35-52(46)57)39-29-40(37-22-26-49-47-17-9-11-19-53(47)59(55(49)33-37)43-13-5-3-6-14-43)31-41(30-39)38-23-27-50-48-18-10-12-20-54(48)60(56(50)34-38)44-15-7-4-8-16-44/h3-35H,1-2H3. The zero-order valence-electron chi connectivity index (χ0n) is 33.3. The molecule has 2 aromatic heterocycles. The van der Waals surface area contributed by atoms with Crippen molar-refractivity contribution >= 4 is 59.5 Å². The molecule has 0 bridgehead atoms. The van der Waals surface area contributed by atoms with Crippen LogP contribution in [0.5, 0.6) is 0 Å². The predicted octanol–water partition coefficient (Wildman–Crippen LogP) is 16.0. The first kappa shape index (κ1) is 35.0. The Balaban J connectivity index is 1.09. The van der Waals surface area contributed by atoms with Crippen LogP contribution >= 0.6 is 15.9 Å². The van der Waals surface area contributed by atoms with Gasteiger partial charge < -0.3 is 9.13 Å². The molecular weight excluding hydrogens is 793 g/mol. The quantitative estimate of drug-likeness (QED) is 0.164. The van der Waals surface area contributed by atoms with Crippen molar-refractivity contribution in [2.75, 3.05) is 0 Å². The second-order valence-electron chi connectivity index (χ2n) is 16.7. The Morgan fingerprint density at radius 3 is 1.25 bits per heavy atom. The molecule has 1 aliphatic rings. The van der Waals surface area contributed by atoms with Crippen molar-refractivity contribution in [2.45, 2.75) is 19.3 Å². The molecule has 0 amide bonds. The molecule has 2 nitrogen and oxygen atoms in total. The van der Waals surface area contributed by atoms with Crippen LogP contribution in [0.1, 0.15) is 25.0 Å². The van der Waals surface area contributed by atoms with Gasteiger partial charge >= 0.3 is 0 Å². The minimum absolute atomic E-state index is 0.128. The van der Waals surface area contributed by atoms with Gasteiger partial charge in [-0.25, -0.2) is 0 Å². The number of rotatable bonds is 5. The molecular formula is C57H39BrN2. The first-order valence-electron chi connectivity index (χ1n) is 20.7. The summed E-state index contributed by atoms with van der Waals surface area (Å²) in [5, 5.41) is 5.02. The third kappa shape index (κ3) is 5.32. The zero-order valence-corrected chi connectivity index (χ0v) is 34.9. The summed E-state index contributed by atoms with van der Waals surface area (Å²) in [5.41, 5.74) is 19.5. The fourth-order valence-corrected chi connectivity index (χ4v) is 10.4. The summed E-state index contributed by atoms with van der Waals surface area (Å²) < 4.78 is 5.94. The Kier molecular flexibility index (Phi) is 7.76. The van der Waals surface area contributed by atoms with Crippen LogP contribution in [0, 0.1) is 0 Å². The molecule has 2 heterocycles. The van der Waals surface area contributed by atoms with Gasteiger partial charge in [0.25, 0.3) is 0 Å². The molecule has 0 saturated heterocycles. The summed E-state index contributed by atoms with van der Waals surface area (Å²) in [6.07, 6.45) is 0. The van der Waals surface area contributed by atoms with Gasteiger partial charge in [-0.1, -0.05) is 145 Å². The van der Waals surface area contributed by atoms with Crippen molar-refractivity contribution in [3.05, 3.63) is 216 Å². The van der Waals surface area contributed by atoms with E-state index in [1.807, 2.05) is 0 Å². The number of para-hydroxylation sites is 4. The number of fused-ring (bicyclic) bond motifs is 9. The van der Waals surface area contributed by atoms with Crippen LogP contribution in [-0.2, 0) is 5.41 Å². The van der Waals surface area contributed by atoms with Gasteiger partial charge in [0.15, 0.2) is 0 Å². The van der Waals surface area contributed by atoms with Crippen molar-refractivity contribution in [3.63, 3.8) is 0 Å². The largest absolute Gasteiger partial charge is 0.309 e. The van der Waals surface area contributed by atoms with Gasteiger partial charge in [-0.15, -0.1) is 0 Å². The van der Waals surface area contributed by atoms with Crippen LogP contribution in [0.4, 0.5) is 0 Å². The molecule has 0 atom stereocenters. The van der Waals surface area contributed by atoms with Crippen LogP contribution in [0.2, 0.25) is 0 Å². The molecule has 12 rings (SSSR count). The number of benzene rings is 9. The summed E-state index contributed by atoms with van der Waals surface area (Å²) in [4.78, 5) is 0. The molecule has 1 aliphatic carbocycles. The molecule has 0 N–H and O–H groups in total. The normalized spacial score (nSPS) is 13.1. The minimum Gasteiger partial charge on any atom is -0.309 e. The van der Waals surface area contributed by atoms with Gasteiger partial charge in [0.1, 0.15) is 0 Å². The maximum atomic E-state index is 3.75. The predicted molar refractivity (Wildman–Crippen MR) is 257 cm³/mol. The molecule has 0 fully saturated rings. The minimum atomic E-state index is -0.128. The second-order valence-corrected chi connectivity index (χ2v) is 17.6.